The summed E-state index contributed by atoms with van der Waals surface area (Å²) in [6.45, 7) is 9.27. The fourth-order valence-corrected chi connectivity index (χ4v) is 7.45. The Morgan fingerprint density at radius 2 is 1.72 bits per heavy atom. The lowest BCUT2D eigenvalue weighted by molar-refractivity contribution is -0.127. The number of aromatic nitrogens is 1. The summed E-state index contributed by atoms with van der Waals surface area (Å²) in [5.41, 5.74) is 4.55. The highest BCUT2D eigenvalue weighted by Crippen LogP contribution is 2.40. The third-order valence-electron chi connectivity index (χ3n) is 8.50. The van der Waals surface area contributed by atoms with Crippen molar-refractivity contribution < 1.29 is 14.3 Å². The van der Waals surface area contributed by atoms with Gasteiger partial charge in [-0.15, -0.1) is 0 Å². The van der Waals surface area contributed by atoms with Crippen LogP contribution in [-0.2, 0) is 11.4 Å². The van der Waals surface area contributed by atoms with Crippen LogP contribution in [0.3, 0.4) is 0 Å². The molecule has 9 heteroatoms. The number of carbonyl (C=O) groups excluding carboxylic acids is 1. The first-order valence-electron chi connectivity index (χ1n) is 15.6. The molecule has 7 nitrogen and oxygen atoms in total. The molecule has 1 amide bonds. The Balaban J connectivity index is 1.55. The number of halogens is 1. The monoisotopic (exact) mass is 709 g/mol. The second-order valence-electron chi connectivity index (χ2n) is 11.4. The summed E-state index contributed by atoms with van der Waals surface area (Å²) >= 11 is 4.89. The van der Waals surface area contributed by atoms with Crippen LogP contribution in [-0.4, -0.2) is 35.6 Å². The first kappa shape index (κ1) is 32.5. The van der Waals surface area contributed by atoms with Crippen LogP contribution >= 0.6 is 27.3 Å². The van der Waals surface area contributed by atoms with Crippen LogP contribution in [0.2, 0.25) is 0 Å². The van der Waals surface area contributed by atoms with Gasteiger partial charge < -0.3 is 14.4 Å². The van der Waals surface area contributed by atoms with Gasteiger partial charge in [0.1, 0.15) is 24.1 Å². The zero-order chi connectivity index (χ0) is 33.2. The van der Waals surface area contributed by atoms with Gasteiger partial charge in [0.25, 0.3) is 11.5 Å². The van der Waals surface area contributed by atoms with Crippen LogP contribution in [0.5, 0.6) is 11.5 Å². The molecule has 240 valence electrons. The molecule has 47 heavy (non-hydrogen) atoms. The predicted molar refractivity (Wildman–Crippen MR) is 192 cm³/mol. The van der Waals surface area contributed by atoms with E-state index in [-0.39, 0.29) is 11.5 Å². The smallest absolute Gasteiger partial charge is 0.271 e. The maximum absolute atomic E-state index is 14.6. The number of carbonyl (C=O) groups is 1. The molecular formula is C38H36BrN3O4S. The molecule has 1 aliphatic rings. The van der Waals surface area contributed by atoms with E-state index in [9.17, 15) is 9.59 Å². The summed E-state index contributed by atoms with van der Waals surface area (Å²) in [6.07, 6.45) is 1.85. The van der Waals surface area contributed by atoms with Gasteiger partial charge in [-0.3, -0.25) is 14.2 Å². The Bertz CT molecular complexity index is 2200. The number of methoxy groups -OCH3 is 1. The van der Waals surface area contributed by atoms with Crippen LogP contribution in [0.15, 0.2) is 104 Å². The van der Waals surface area contributed by atoms with E-state index in [2.05, 4.69) is 35.0 Å². The average molecular weight is 711 g/mol. The lowest BCUT2D eigenvalue weighted by Crippen LogP contribution is -2.43. The Morgan fingerprint density at radius 1 is 1.00 bits per heavy atom. The van der Waals surface area contributed by atoms with Crippen molar-refractivity contribution in [3.63, 3.8) is 0 Å². The van der Waals surface area contributed by atoms with E-state index < -0.39 is 6.04 Å². The van der Waals surface area contributed by atoms with Gasteiger partial charge in [-0.1, -0.05) is 87.4 Å². The number of aryl methyl sites for hydroxylation is 1. The summed E-state index contributed by atoms with van der Waals surface area (Å²) in [5, 5.41) is 1.89. The Hall–Kier alpha value is -4.47. The number of amides is 1. The van der Waals surface area contributed by atoms with Crippen molar-refractivity contribution >= 4 is 50.0 Å². The van der Waals surface area contributed by atoms with Crippen molar-refractivity contribution in [2.45, 2.75) is 40.3 Å². The molecule has 1 aromatic heterocycles. The molecule has 0 aliphatic carbocycles. The van der Waals surface area contributed by atoms with Gasteiger partial charge in [-0.05, 0) is 74.4 Å². The molecule has 0 saturated carbocycles. The number of hydrogen-bond donors (Lipinski definition) is 0. The van der Waals surface area contributed by atoms with Gasteiger partial charge in [0.15, 0.2) is 4.80 Å². The average Bonchev–Trinajstić information content (AvgIpc) is 3.38. The van der Waals surface area contributed by atoms with Gasteiger partial charge in [0.05, 0.1) is 22.9 Å². The van der Waals surface area contributed by atoms with E-state index in [1.165, 1.54) is 16.9 Å². The zero-order valence-electron chi connectivity index (χ0n) is 27.0. The second kappa shape index (κ2) is 13.7. The molecule has 4 aromatic carbocycles. The number of fused-ring (bicyclic) bond motifs is 2. The molecule has 0 saturated heterocycles. The number of benzene rings is 4. The lowest BCUT2D eigenvalue weighted by Gasteiger charge is -2.30. The fraction of sp³-hybridized carbons (Fsp3) is 0.237. The maximum atomic E-state index is 14.6. The second-order valence-corrected chi connectivity index (χ2v) is 13.3. The SMILES string of the molecule is CCN(CC)C(=O)C1=C(C)N=c2s/c(=C/c3cc(Br)ccc3OCc3ccc(C)cc3)c(=O)n2[C@H]1c1c(OC)ccc2ccccc12. The van der Waals surface area contributed by atoms with Crippen molar-refractivity contribution in [3.05, 3.63) is 137 Å². The van der Waals surface area contributed by atoms with Gasteiger partial charge >= 0.3 is 0 Å². The molecule has 6 rings (SSSR count). The van der Waals surface area contributed by atoms with Crippen LogP contribution < -0.4 is 24.4 Å². The molecule has 0 spiro atoms. The Morgan fingerprint density at radius 3 is 2.45 bits per heavy atom. The largest absolute Gasteiger partial charge is 0.496 e. The van der Waals surface area contributed by atoms with E-state index in [4.69, 9.17) is 14.5 Å². The number of nitrogens with zero attached hydrogens (tertiary/aromatic N) is 3. The maximum Gasteiger partial charge on any atom is 0.271 e. The highest BCUT2D eigenvalue weighted by molar-refractivity contribution is 9.10. The van der Waals surface area contributed by atoms with Gasteiger partial charge in [0.2, 0.25) is 0 Å². The summed E-state index contributed by atoms with van der Waals surface area (Å²) in [7, 11) is 1.62. The molecule has 1 aliphatic heterocycles. The normalized spacial score (nSPS) is 14.6. The quantitative estimate of drug-likeness (QED) is 0.167. The molecule has 2 heterocycles. The van der Waals surface area contributed by atoms with Crippen molar-refractivity contribution in [1.82, 2.24) is 9.47 Å². The minimum Gasteiger partial charge on any atom is -0.496 e. The first-order valence-corrected chi connectivity index (χ1v) is 17.2. The number of allylic oxidation sites excluding steroid dienone is 1. The van der Waals surface area contributed by atoms with E-state index in [0.717, 1.165) is 31.9 Å². The number of rotatable bonds is 9. The minimum absolute atomic E-state index is 0.149. The van der Waals surface area contributed by atoms with Crippen LogP contribution in [0.25, 0.3) is 16.8 Å². The number of ether oxygens (including phenoxy) is 2. The Labute approximate surface area is 286 Å². The molecule has 1 atom stereocenters. The van der Waals surface area contributed by atoms with Crippen LogP contribution in [0.1, 0.15) is 49.1 Å². The van der Waals surface area contributed by atoms with Crippen LogP contribution in [0, 0.1) is 6.92 Å². The molecule has 0 bridgehead atoms. The van der Waals surface area contributed by atoms with Gasteiger partial charge in [-0.25, -0.2) is 4.99 Å². The van der Waals surface area contributed by atoms with E-state index in [1.807, 2.05) is 93.6 Å². The topological polar surface area (TPSA) is 73.1 Å². The summed E-state index contributed by atoms with van der Waals surface area (Å²) in [4.78, 5) is 36.0. The van der Waals surface area contributed by atoms with Gasteiger partial charge in [-0.2, -0.15) is 0 Å². The van der Waals surface area contributed by atoms with E-state index in [0.29, 0.717) is 51.8 Å². The third kappa shape index (κ3) is 6.30. The van der Waals surface area contributed by atoms with E-state index in [1.54, 1.807) is 16.6 Å². The number of hydrogen-bond acceptors (Lipinski definition) is 6. The summed E-state index contributed by atoms with van der Waals surface area (Å²) in [5.74, 6) is 1.10. The van der Waals surface area contributed by atoms with Crippen molar-refractivity contribution in [1.29, 1.82) is 0 Å². The third-order valence-corrected chi connectivity index (χ3v) is 9.98. The van der Waals surface area contributed by atoms with Crippen molar-refractivity contribution in [3.8, 4) is 11.5 Å². The first-order chi connectivity index (χ1) is 22.7. The fourth-order valence-electron chi connectivity index (χ4n) is 6.04. The van der Waals surface area contributed by atoms with Crippen LogP contribution in [0.4, 0.5) is 0 Å². The molecule has 0 N–H and O–H groups in total. The molecule has 0 unspecified atom stereocenters. The molecule has 0 fully saturated rings. The van der Waals surface area contributed by atoms with Crippen molar-refractivity contribution in [2.75, 3.05) is 20.2 Å². The molecular weight excluding hydrogens is 674 g/mol. The van der Waals surface area contributed by atoms with E-state index >= 15 is 0 Å². The number of thiazole rings is 1. The Kier molecular flexibility index (Phi) is 9.47. The summed E-state index contributed by atoms with van der Waals surface area (Å²) < 4.78 is 15.2. The molecule has 0 radical (unpaired) electrons. The minimum atomic E-state index is -0.748. The standard InChI is InChI=1S/C38H36BrN3O4S/c1-6-41(7-2)37(44)33-24(4)40-38-42(35(33)34-29-11-9-8-10-26(29)16-18-31(34)45-5)36(43)32(47-38)21-27-20-28(39)17-19-30(27)46-22-25-14-12-23(3)13-15-25/h8-21,35H,6-7,22H2,1-5H3/b32-21+/t35-/m1/s1. The highest BCUT2D eigenvalue weighted by Gasteiger charge is 2.36. The van der Waals surface area contributed by atoms with Gasteiger partial charge in [0, 0.05) is 28.7 Å². The molecule has 5 aromatic rings. The number of likely N-dealkylation sites (N-methyl/N-ethyl adjacent to an activating group) is 1. The lowest BCUT2D eigenvalue weighted by atomic mass is 9.90. The summed E-state index contributed by atoms with van der Waals surface area (Å²) in [6, 6.07) is 25.1. The predicted octanol–water partition coefficient (Wildman–Crippen LogP) is 6.92. The van der Waals surface area contributed by atoms with Crippen molar-refractivity contribution in [2.24, 2.45) is 4.99 Å². The highest BCUT2D eigenvalue weighted by atomic mass is 79.9. The zero-order valence-corrected chi connectivity index (χ0v) is 29.4.